The molecule has 0 aliphatic rings. The van der Waals surface area contributed by atoms with Gasteiger partial charge in [-0.05, 0) is 42.7 Å². The lowest BCUT2D eigenvalue weighted by Crippen LogP contribution is -2.37. The summed E-state index contributed by atoms with van der Waals surface area (Å²) in [6, 6.07) is 14.3. The third-order valence-corrected chi connectivity index (χ3v) is 3.94. The molecule has 0 fully saturated rings. The van der Waals surface area contributed by atoms with Crippen molar-refractivity contribution in [1.29, 1.82) is 0 Å². The first-order chi connectivity index (χ1) is 12.2. The van der Waals surface area contributed by atoms with Crippen molar-refractivity contribution in [3.63, 3.8) is 0 Å². The Labute approximate surface area is 150 Å². The highest BCUT2D eigenvalue weighted by Gasteiger charge is 2.06. The molecule has 2 aromatic carbocycles. The SMILES string of the molecule is CN=C(NCCc1cc(OC)ccc1OC)NCc1cccc(C)c1. The highest BCUT2D eigenvalue weighted by Crippen LogP contribution is 2.24. The Balaban J connectivity index is 1.87. The lowest BCUT2D eigenvalue weighted by molar-refractivity contribution is 0.398. The number of nitrogens with zero attached hydrogens (tertiary/aromatic N) is 1. The zero-order valence-electron chi connectivity index (χ0n) is 15.4. The van der Waals surface area contributed by atoms with Crippen LogP contribution in [0.5, 0.6) is 11.5 Å². The summed E-state index contributed by atoms with van der Waals surface area (Å²) < 4.78 is 10.7. The van der Waals surface area contributed by atoms with Crippen LogP contribution in [0.1, 0.15) is 16.7 Å². The molecule has 25 heavy (non-hydrogen) atoms. The van der Waals surface area contributed by atoms with Crippen molar-refractivity contribution in [2.75, 3.05) is 27.8 Å². The topological polar surface area (TPSA) is 54.9 Å². The first-order valence-corrected chi connectivity index (χ1v) is 8.37. The standard InChI is InChI=1S/C20H27N3O2/c1-15-6-5-7-16(12-15)14-23-20(21-2)22-11-10-17-13-18(24-3)8-9-19(17)25-4/h5-9,12-13H,10-11,14H2,1-4H3,(H2,21,22,23). The minimum absolute atomic E-state index is 0.740. The molecule has 0 unspecified atom stereocenters. The fraction of sp³-hybridized carbons (Fsp3) is 0.350. The molecule has 2 N–H and O–H groups in total. The molecule has 0 atom stereocenters. The molecule has 5 nitrogen and oxygen atoms in total. The van der Waals surface area contributed by atoms with Gasteiger partial charge in [0.1, 0.15) is 11.5 Å². The second kappa shape index (κ2) is 9.57. The highest BCUT2D eigenvalue weighted by atomic mass is 16.5. The van der Waals surface area contributed by atoms with Crippen LogP contribution in [0.15, 0.2) is 47.5 Å². The number of hydrogen-bond donors (Lipinski definition) is 2. The number of rotatable bonds is 7. The fourth-order valence-corrected chi connectivity index (χ4v) is 2.62. The quantitative estimate of drug-likeness (QED) is 0.601. The molecule has 0 bridgehead atoms. The van der Waals surface area contributed by atoms with Gasteiger partial charge in [-0.3, -0.25) is 4.99 Å². The number of benzene rings is 2. The molecule has 2 rings (SSSR count). The average Bonchev–Trinajstić information content (AvgIpc) is 2.64. The maximum Gasteiger partial charge on any atom is 0.191 e. The number of hydrogen-bond acceptors (Lipinski definition) is 3. The van der Waals surface area contributed by atoms with Gasteiger partial charge in [0, 0.05) is 20.1 Å². The summed E-state index contributed by atoms with van der Waals surface area (Å²) in [6.07, 6.45) is 0.811. The Bertz CT molecular complexity index is 714. The Morgan fingerprint density at radius 2 is 1.88 bits per heavy atom. The van der Waals surface area contributed by atoms with Gasteiger partial charge in [0.2, 0.25) is 0 Å². The number of aliphatic imine (C=N–C) groups is 1. The molecule has 0 aliphatic carbocycles. The van der Waals surface area contributed by atoms with E-state index in [1.54, 1.807) is 21.3 Å². The Hall–Kier alpha value is -2.69. The summed E-state index contributed by atoms with van der Waals surface area (Å²) in [5, 5.41) is 6.67. The van der Waals surface area contributed by atoms with Crippen molar-refractivity contribution >= 4 is 5.96 Å². The van der Waals surface area contributed by atoms with Gasteiger partial charge in [-0.25, -0.2) is 0 Å². The summed E-state index contributed by atoms with van der Waals surface area (Å²) in [7, 11) is 5.12. The summed E-state index contributed by atoms with van der Waals surface area (Å²) in [5.41, 5.74) is 3.59. The van der Waals surface area contributed by atoms with Crippen LogP contribution in [0.2, 0.25) is 0 Å². The van der Waals surface area contributed by atoms with Crippen molar-refractivity contribution in [2.24, 2.45) is 4.99 Å². The lowest BCUT2D eigenvalue weighted by atomic mass is 10.1. The Morgan fingerprint density at radius 3 is 2.56 bits per heavy atom. The molecule has 0 radical (unpaired) electrons. The average molecular weight is 341 g/mol. The summed E-state index contributed by atoms with van der Waals surface area (Å²) in [6.45, 7) is 3.58. The molecule has 0 heterocycles. The second-order valence-corrected chi connectivity index (χ2v) is 5.77. The van der Waals surface area contributed by atoms with Crippen LogP contribution in [-0.2, 0) is 13.0 Å². The Kier molecular flexibility index (Phi) is 7.14. The van der Waals surface area contributed by atoms with Crippen molar-refractivity contribution in [1.82, 2.24) is 10.6 Å². The van der Waals surface area contributed by atoms with E-state index in [0.717, 1.165) is 42.5 Å². The molecular formula is C20H27N3O2. The minimum atomic E-state index is 0.740. The molecule has 5 heteroatoms. The number of nitrogens with one attached hydrogen (secondary N) is 2. The van der Waals surface area contributed by atoms with E-state index in [-0.39, 0.29) is 0 Å². The van der Waals surface area contributed by atoms with Gasteiger partial charge < -0.3 is 20.1 Å². The van der Waals surface area contributed by atoms with E-state index in [4.69, 9.17) is 9.47 Å². The predicted molar refractivity (Wildman–Crippen MR) is 103 cm³/mol. The van der Waals surface area contributed by atoms with Crippen LogP contribution >= 0.6 is 0 Å². The van der Waals surface area contributed by atoms with Crippen LogP contribution in [0, 0.1) is 6.92 Å². The van der Waals surface area contributed by atoms with Crippen LogP contribution in [0.4, 0.5) is 0 Å². The van der Waals surface area contributed by atoms with Gasteiger partial charge in [-0.1, -0.05) is 29.8 Å². The van der Waals surface area contributed by atoms with Crippen molar-refractivity contribution in [3.05, 3.63) is 59.2 Å². The molecular weight excluding hydrogens is 314 g/mol. The van der Waals surface area contributed by atoms with Crippen molar-refractivity contribution in [3.8, 4) is 11.5 Å². The van der Waals surface area contributed by atoms with Gasteiger partial charge in [-0.2, -0.15) is 0 Å². The molecule has 0 aliphatic heterocycles. The third-order valence-electron chi connectivity index (χ3n) is 3.94. The van der Waals surface area contributed by atoms with Crippen molar-refractivity contribution in [2.45, 2.75) is 19.9 Å². The van der Waals surface area contributed by atoms with Gasteiger partial charge in [-0.15, -0.1) is 0 Å². The minimum Gasteiger partial charge on any atom is -0.497 e. The number of guanidine groups is 1. The zero-order chi connectivity index (χ0) is 18.1. The molecule has 0 saturated heterocycles. The Morgan fingerprint density at radius 1 is 1.04 bits per heavy atom. The largest absolute Gasteiger partial charge is 0.497 e. The van der Waals surface area contributed by atoms with Crippen molar-refractivity contribution < 1.29 is 9.47 Å². The molecule has 0 amide bonds. The third kappa shape index (κ3) is 5.71. The van der Waals surface area contributed by atoms with Gasteiger partial charge >= 0.3 is 0 Å². The maximum absolute atomic E-state index is 5.42. The van der Waals surface area contributed by atoms with Crippen LogP contribution < -0.4 is 20.1 Å². The summed E-state index contributed by atoms with van der Waals surface area (Å²) in [5.74, 6) is 2.48. The van der Waals surface area contributed by atoms with Crippen LogP contribution in [0.25, 0.3) is 0 Å². The van der Waals surface area contributed by atoms with Gasteiger partial charge in [0.25, 0.3) is 0 Å². The fourth-order valence-electron chi connectivity index (χ4n) is 2.62. The summed E-state index contributed by atoms with van der Waals surface area (Å²) in [4.78, 5) is 4.27. The molecule has 0 saturated carbocycles. The summed E-state index contributed by atoms with van der Waals surface area (Å²) >= 11 is 0. The highest BCUT2D eigenvalue weighted by molar-refractivity contribution is 5.79. The van der Waals surface area contributed by atoms with E-state index in [9.17, 15) is 0 Å². The smallest absolute Gasteiger partial charge is 0.191 e. The molecule has 134 valence electrons. The number of methoxy groups -OCH3 is 2. The number of ether oxygens (including phenoxy) is 2. The molecule has 0 aromatic heterocycles. The van der Waals surface area contributed by atoms with Crippen LogP contribution in [-0.4, -0.2) is 33.8 Å². The zero-order valence-corrected chi connectivity index (χ0v) is 15.4. The van der Waals surface area contributed by atoms with E-state index in [1.165, 1.54) is 11.1 Å². The lowest BCUT2D eigenvalue weighted by Gasteiger charge is -2.14. The number of aryl methyl sites for hydroxylation is 1. The predicted octanol–water partition coefficient (Wildman–Crippen LogP) is 2.92. The molecule has 2 aromatic rings. The van der Waals surface area contributed by atoms with Gasteiger partial charge in [0.05, 0.1) is 14.2 Å². The first kappa shape index (κ1) is 18.6. The van der Waals surface area contributed by atoms with Crippen LogP contribution in [0.3, 0.4) is 0 Å². The maximum atomic E-state index is 5.42. The normalized spacial score (nSPS) is 11.1. The van der Waals surface area contributed by atoms with E-state index in [0.29, 0.717) is 0 Å². The van der Waals surface area contributed by atoms with E-state index in [2.05, 4.69) is 46.8 Å². The van der Waals surface area contributed by atoms with E-state index >= 15 is 0 Å². The first-order valence-electron chi connectivity index (χ1n) is 8.37. The van der Waals surface area contributed by atoms with E-state index in [1.807, 2.05) is 18.2 Å². The second-order valence-electron chi connectivity index (χ2n) is 5.77. The van der Waals surface area contributed by atoms with Gasteiger partial charge in [0.15, 0.2) is 5.96 Å². The van der Waals surface area contributed by atoms with E-state index < -0.39 is 0 Å². The monoisotopic (exact) mass is 341 g/mol. The molecule has 0 spiro atoms.